The van der Waals surface area contributed by atoms with E-state index in [0.29, 0.717) is 6.04 Å². The van der Waals surface area contributed by atoms with Gasteiger partial charge in [-0.05, 0) is 55.9 Å². The molecule has 2 nitrogen and oxygen atoms in total. The molecule has 0 atom stereocenters. The van der Waals surface area contributed by atoms with E-state index in [1.54, 1.807) is 0 Å². The van der Waals surface area contributed by atoms with Crippen LogP contribution in [-0.2, 0) is 11.3 Å². The number of benzene rings is 1. The quantitative estimate of drug-likeness (QED) is 0.866. The number of rotatable bonds is 3. The van der Waals surface area contributed by atoms with Crippen LogP contribution in [-0.4, -0.2) is 19.3 Å². The zero-order chi connectivity index (χ0) is 12.3. The molecule has 1 aromatic carbocycles. The molecular formula is C15H23NO. The van der Waals surface area contributed by atoms with Crippen LogP contribution in [0.5, 0.6) is 0 Å². The standard InChI is InChI=1S/C15H23NO/c1-11-8-13(3)14(9-12(11)2)10-16-15-4-6-17-7-5-15/h8-9,15-16H,4-7,10H2,1-3H3. The van der Waals surface area contributed by atoms with Crippen molar-refractivity contribution in [2.45, 2.75) is 46.2 Å². The van der Waals surface area contributed by atoms with Crippen LogP contribution in [0.1, 0.15) is 35.1 Å². The minimum Gasteiger partial charge on any atom is -0.381 e. The lowest BCUT2D eigenvalue weighted by Crippen LogP contribution is -2.34. The number of hydrogen-bond acceptors (Lipinski definition) is 2. The van der Waals surface area contributed by atoms with Crippen molar-refractivity contribution in [3.05, 3.63) is 34.4 Å². The van der Waals surface area contributed by atoms with Gasteiger partial charge < -0.3 is 10.1 Å². The lowest BCUT2D eigenvalue weighted by atomic mass is 10.00. The average molecular weight is 233 g/mol. The fourth-order valence-electron chi connectivity index (χ4n) is 2.37. The summed E-state index contributed by atoms with van der Waals surface area (Å²) in [7, 11) is 0. The van der Waals surface area contributed by atoms with Gasteiger partial charge in [-0.2, -0.15) is 0 Å². The molecular weight excluding hydrogens is 210 g/mol. The SMILES string of the molecule is Cc1cc(C)c(CNC2CCOCC2)cc1C. The summed E-state index contributed by atoms with van der Waals surface area (Å²) in [6.45, 7) is 9.36. The van der Waals surface area contributed by atoms with E-state index < -0.39 is 0 Å². The predicted molar refractivity (Wildman–Crippen MR) is 71.3 cm³/mol. The zero-order valence-electron chi connectivity index (χ0n) is 11.2. The van der Waals surface area contributed by atoms with E-state index in [0.717, 1.165) is 32.6 Å². The monoisotopic (exact) mass is 233 g/mol. The average Bonchev–Trinajstić information content (AvgIpc) is 2.33. The molecule has 0 saturated carbocycles. The van der Waals surface area contributed by atoms with Crippen molar-refractivity contribution in [3.63, 3.8) is 0 Å². The molecule has 0 amide bonds. The molecule has 1 saturated heterocycles. The first kappa shape index (κ1) is 12.6. The van der Waals surface area contributed by atoms with Gasteiger partial charge in [-0.1, -0.05) is 12.1 Å². The lowest BCUT2D eigenvalue weighted by molar-refractivity contribution is 0.0776. The van der Waals surface area contributed by atoms with E-state index in [-0.39, 0.29) is 0 Å². The molecule has 2 heteroatoms. The van der Waals surface area contributed by atoms with E-state index in [2.05, 4.69) is 38.2 Å². The summed E-state index contributed by atoms with van der Waals surface area (Å²) < 4.78 is 5.37. The molecule has 1 aliphatic heterocycles. The first-order valence-electron chi connectivity index (χ1n) is 6.54. The van der Waals surface area contributed by atoms with Gasteiger partial charge in [-0.25, -0.2) is 0 Å². The van der Waals surface area contributed by atoms with Crippen LogP contribution in [0, 0.1) is 20.8 Å². The molecule has 0 unspecified atom stereocenters. The highest BCUT2D eigenvalue weighted by Crippen LogP contribution is 2.16. The Morgan fingerprint density at radius 2 is 1.71 bits per heavy atom. The molecule has 1 N–H and O–H groups in total. The Morgan fingerprint density at radius 3 is 2.41 bits per heavy atom. The highest BCUT2D eigenvalue weighted by atomic mass is 16.5. The van der Waals surface area contributed by atoms with E-state index in [1.165, 1.54) is 22.3 Å². The van der Waals surface area contributed by atoms with Gasteiger partial charge in [0, 0.05) is 25.8 Å². The first-order chi connectivity index (χ1) is 8.16. The fourth-order valence-corrected chi connectivity index (χ4v) is 2.37. The van der Waals surface area contributed by atoms with Crippen LogP contribution >= 0.6 is 0 Å². The summed E-state index contributed by atoms with van der Waals surface area (Å²) in [5.74, 6) is 0. The van der Waals surface area contributed by atoms with E-state index in [9.17, 15) is 0 Å². The lowest BCUT2D eigenvalue weighted by Gasteiger charge is -2.23. The molecule has 1 aliphatic rings. The normalized spacial score (nSPS) is 17.4. The Bertz CT molecular complexity index is 381. The van der Waals surface area contributed by atoms with Gasteiger partial charge in [0.05, 0.1) is 0 Å². The highest BCUT2D eigenvalue weighted by Gasteiger charge is 2.13. The van der Waals surface area contributed by atoms with Gasteiger partial charge >= 0.3 is 0 Å². The molecule has 1 fully saturated rings. The molecule has 94 valence electrons. The molecule has 0 radical (unpaired) electrons. The molecule has 0 aromatic heterocycles. The maximum absolute atomic E-state index is 5.37. The van der Waals surface area contributed by atoms with Gasteiger partial charge in [0.25, 0.3) is 0 Å². The Balaban J connectivity index is 1.96. The minimum absolute atomic E-state index is 0.629. The summed E-state index contributed by atoms with van der Waals surface area (Å²) in [5.41, 5.74) is 5.60. The van der Waals surface area contributed by atoms with Gasteiger partial charge in [0.2, 0.25) is 0 Å². The van der Waals surface area contributed by atoms with Crippen molar-refractivity contribution in [1.82, 2.24) is 5.32 Å². The topological polar surface area (TPSA) is 21.3 Å². The van der Waals surface area contributed by atoms with Gasteiger partial charge in [0.15, 0.2) is 0 Å². The Hall–Kier alpha value is -0.860. The van der Waals surface area contributed by atoms with Crippen molar-refractivity contribution in [1.29, 1.82) is 0 Å². The largest absolute Gasteiger partial charge is 0.381 e. The van der Waals surface area contributed by atoms with Crippen LogP contribution in [0.2, 0.25) is 0 Å². The third-order valence-electron chi connectivity index (χ3n) is 3.75. The van der Waals surface area contributed by atoms with Crippen molar-refractivity contribution < 1.29 is 4.74 Å². The minimum atomic E-state index is 0.629. The van der Waals surface area contributed by atoms with Gasteiger partial charge in [-0.3, -0.25) is 0 Å². The van der Waals surface area contributed by atoms with Crippen LogP contribution in [0.25, 0.3) is 0 Å². The van der Waals surface area contributed by atoms with E-state index in [1.807, 2.05) is 0 Å². The summed E-state index contributed by atoms with van der Waals surface area (Å²) in [6, 6.07) is 5.23. The van der Waals surface area contributed by atoms with Crippen LogP contribution in [0.3, 0.4) is 0 Å². The van der Waals surface area contributed by atoms with Crippen molar-refractivity contribution in [2.75, 3.05) is 13.2 Å². The second-order valence-electron chi connectivity index (χ2n) is 5.13. The number of nitrogens with one attached hydrogen (secondary N) is 1. The molecule has 17 heavy (non-hydrogen) atoms. The summed E-state index contributed by atoms with van der Waals surface area (Å²) >= 11 is 0. The molecule has 0 spiro atoms. The third-order valence-corrected chi connectivity index (χ3v) is 3.75. The summed E-state index contributed by atoms with van der Waals surface area (Å²) in [5, 5.41) is 3.65. The fraction of sp³-hybridized carbons (Fsp3) is 0.600. The Morgan fingerprint density at radius 1 is 1.06 bits per heavy atom. The van der Waals surface area contributed by atoms with Crippen molar-refractivity contribution >= 4 is 0 Å². The molecule has 1 heterocycles. The summed E-state index contributed by atoms with van der Waals surface area (Å²) in [4.78, 5) is 0. The number of aryl methyl sites for hydroxylation is 3. The van der Waals surface area contributed by atoms with Crippen LogP contribution in [0.4, 0.5) is 0 Å². The third kappa shape index (κ3) is 3.30. The maximum Gasteiger partial charge on any atom is 0.0480 e. The van der Waals surface area contributed by atoms with E-state index in [4.69, 9.17) is 4.74 Å². The molecule has 0 bridgehead atoms. The van der Waals surface area contributed by atoms with Crippen molar-refractivity contribution in [2.24, 2.45) is 0 Å². The number of ether oxygens (including phenoxy) is 1. The molecule has 0 aliphatic carbocycles. The zero-order valence-corrected chi connectivity index (χ0v) is 11.2. The molecule has 1 aromatic rings. The Labute approximate surface area is 104 Å². The van der Waals surface area contributed by atoms with Gasteiger partial charge in [-0.15, -0.1) is 0 Å². The second kappa shape index (κ2) is 5.65. The first-order valence-corrected chi connectivity index (χ1v) is 6.54. The Kier molecular flexibility index (Phi) is 4.19. The number of hydrogen-bond donors (Lipinski definition) is 1. The molecule has 2 rings (SSSR count). The maximum atomic E-state index is 5.37. The predicted octanol–water partition coefficient (Wildman–Crippen LogP) is 2.88. The van der Waals surface area contributed by atoms with Crippen LogP contribution in [0.15, 0.2) is 12.1 Å². The smallest absolute Gasteiger partial charge is 0.0480 e. The van der Waals surface area contributed by atoms with Crippen molar-refractivity contribution in [3.8, 4) is 0 Å². The highest BCUT2D eigenvalue weighted by molar-refractivity contribution is 5.36. The second-order valence-corrected chi connectivity index (χ2v) is 5.13. The van der Waals surface area contributed by atoms with Crippen LogP contribution < -0.4 is 5.32 Å². The summed E-state index contributed by atoms with van der Waals surface area (Å²) in [6.07, 6.45) is 2.29. The van der Waals surface area contributed by atoms with Gasteiger partial charge in [0.1, 0.15) is 0 Å². The van der Waals surface area contributed by atoms with E-state index >= 15 is 0 Å².